The van der Waals surface area contributed by atoms with Crippen molar-refractivity contribution < 1.29 is 21.4 Å². The highest BCUT2D eigenvalue weighted by Crippen LogP contribution is 2.34. The monoisotopic (exact) mass is 536 g/mol. The van der Waals surface area contributed by atoms with E-state index in [4.69, 9.17) is 8.23 Å². The van der Waals surface area contributed by atoms with Gasteiger partial charge < -0.3 is 8.23 Å². The molecular weight excluding hydrogens is 504 g/mol. The van der Waals surface area contributed by atoms with Crippen molar-refractivity contribution in [2.75, 3.05) is 0 Å². The molecule has 0 aliphatic heterocycles. The molecule has 9 heteroatoms. The van der Waals surface area contributed by atoms with E-state index in [2.05, 4.69) is 39.3 Å². The van der Waals surface area contributed by atoms with Gasteiger partial charge in [0.2, 0.25) is 0 Å². The fourth-order valence-corrected chi connectivity index (χ4v) is 18.9. The molecule has 0 spiro atoms. The average molecular weight is 537 g/mol. The van der Waals surface area contributed by atoms with E-state index < -0.39 is 33.1 Å². The van der Waals surface area contributed by atoms with Gasteiger partial charge in [-0.2, -0.15) is 0 Å². The van der Waals surface area contributed by atoms with E-state index in [1.165, 1.54) is 30.3 Å². The van der Waals surface area contributed by atoms with Crippen LogP contribution in [0.3, 0.4) is 0 Å². The maximum absolute atomic E-state index is 14.8. The topological polar surface area (TPSA) is 18.5 Å². The van der Waals surface area contributed by atoms with E-state index in [1.54, 1.807) is 36.4 Å². The normalized spacial score (nSPS) is 12.9. The molecule has 0 radical (unpaired) electrons. The number of benzene rings is 3. The molecule has 0 saturated heterocycles. The molecule has 0 fully saturated rings. The molecule has 0 aliphatic carbocycles. The first-order valence-electron chi connectivity index (χ1n) is 11.2. The third-order valence-electron chi connectivity index (χ3n) is 4.86. The summed E-state index contributed by atoms with van der Waals surface area (Å²) in [6.45, 7) is 14.6. The number of hydrogen-bond donors (Lipinski definition) is 0. The van der Waals surface area contributed by atoms with Crippen LogP contribution in [0.4, 0.5) is 13.2 Å². The van der Waals surface area contributed by atoms with Gasteiger partial charge in [0.15, 0.2) is 16.6 Å². The van der Waals surface area contributed by atoms with E-state index in [0.29, 0.717) is 0 Å². The zero-order valence-corrected chi connectivity index (χ0v) is 24.6. The van der Waals surface area contributed by atoms with Crippen LogP contribution in [0.5, 0.6) is 0 Å². The van der Waals surface area contributed by atoms with Gasteiger partial charge in [-0.15, -0.1) is 0 Å². The van der Waals surface area contributed by atoms with Crippen molar-refractivity contribution in [1.29, 1.82) is 0 Å². The van der Waals surface area contributed by atoms with E-state index >= 15 is 0 Å². The number of rotatable bonds is 8. The van der Waals surface area contributed by atoms with Crippen molar-refractivity contribution >= 4 is 54.2 Å². The summed E-state index contributed by atoms with van der Waals surface area (Å²) in [7, 11) is -8.48. The van der Waals surface area contributed by atoms with Crippen LogP contribution < -0.4 is 21.1 Å². The van der Waals surface area contributed by atoms with Gasteiger partial charge in [0.05, 0.1) is 0 Å². The van der Waals surface area contributed by atoms with Crippen molar-refractivity contribution in [2.45, 2.75) is 45.8 Å². The molecule has 0 N–H and O–H groups in total. The second-order valence-electron chi connectivity index (χ2n) is 10.3. The van der Waals surface area contributed by atoms with Crippen LogP contribution in [-0.2, 0) is 8.23 Å². The van der Waals surface area contributed by atoms with Gasteiger partial charge in [-0.25, -0.2) is 13.2 Å². The molecular formula is C25H32F3O2PSi3. The van der Waals surface area contributed by atoms with E-state index in [-0.39, 0.29) is 17.5 Å². The van der Waals surface area contributed by atoms with Crippen molar-refractivity contribution in [1.82, 2.24) is 0 Å². The second-order valence-corrected chi connectivity index (χ2v) is 25.0. The van der Waals surface area contributed by atoms with Crippen LogP contribution in [0.1, 0.15) is 0 Å². The van der Waals surface area contributed by atoms with Gasteiger partial charge in [0.1, 0.15) is 17.5 Å². The molecule has 0 amide bonds. The van der Waals surface area contributed by atoms with Crippen LogP contribution in [-0.4, -0.2) is 25.2 Å². The molecule has 3 aromatic rings. The largest absolute Gasteiger partial charge is 0.433 e. The average Bonchev–Trinajstić information content (AvgIpc) is 2.69. The molecule has 0 saturated carbocycles. The first-order valence-corrected chi connectivity index (χ1v) is 21.7. The Morgan fingerprint density at radius 2 is 0.941 bits per heavy atom. The molecule has 0 heterocycles. The van der Waals surface area contributed by atoms with Gasteiger partial charge in [-0.05, 0) is 106 Å². The number of halogens is 3. The van der Waals surface area contributed by atoms with Gasteiger partial charge in [-0.3, -0.25) is 0 Å². The Labute approximate surface area is 205 Å². The molecule has 0 unspecified atom stereocenters. The summed E-state index contributed by atoms with van der Waals surface area (Å²) in [5, 5.41) is 3.40. The highest BCUT2D eigenvalue weighted by atomic mass is 31.1. The summed E-state index contributed by atoms with van der Waals surface area (Å²) in [6.07, 6.45) is 0. The minimum Gasteiger partial charge on any atom is -0.433 e. The smallest absolute Gasteiger partial charge is 0.349 e. The van der Waals surface area contributed by atoms with Crippen LogP contribution >= 0.6 is 7.92 Å². The summed E-state index contributed by atoms with van der Waals surface area (Å²) in [6, 6.07) is 17.4. The lowest BCUT2D eigenvalue weighted by molar-refractivity contribution is 0.404. The van der Waals surface area contributed by atoms with E-state index in [9.17, 15) is 13.2 Å². The molecule has 0 aromatic heterocycles. The van der Waals surface area contributed by atoms with Gasteiger partial charge >= 0.3 is 8.56 Å². The summed E-state index contributed by atoms with van der Waals surface area (Å²) >= 11 is 0. The Bertz CT molecular complexity index is 1070. The summed E-state index contributed by atoms with van der Waals surface area (Å²) in [4.78, 5) is 0. The van der Waals surface area contributed by atoms with Crippen molar-refractivity contribution in [3.05, 3.63) is 84.2 Å². The molecule has 3 rings (SSSR count). The maximum atomic E-state index is 14.8. The zero-order valence-electron chi connectivity index (χ0n) is 20.7. The molecule has 0 atom stereocenters. The van der Waals surface area contributed by atoms with Gasteiger partial charge in [0, 0.05) is 5.19 Å². The Balaban J connectivity index is 2.30. The van der Waals surface area contributed by atoms with Crippen LogP contribution in [0, 0.1) is 17.5 Å². The Hall–Kier alpha value is -1.55. The second kappa shape index (κ2) is 10.2. The zero-order chi connectivity index (χ0) is 25.3. The molecule has 0 bridgehead atoms. The Morgan fingerprint density at radius 3 is 1.32 bits per heavy atom. The predicted molar refractivity (Wildman–Crippen MR) is 145 cm³/mol. The first-order chi connectivity index (χ1) is 15.7. The highest BCUT2D eigenvalue weighted by molar-refractivity contribution is 7.80. The standard InChI is InChI=1S/C25H32F3O2PSi3/c1-32(2,3)29-34(7,30-33(4,5)6)25-18-21(28)12-17-24(25)31(22-13-8-19(26)9-14-22)23-15-10-20(27)11-16-23/h8-18H,1-7H3. The van der Waals surface area contributed by atoms with Crippen molar-refractivity contribution in [2.24, 2.45) is 0 Å². The summed E-state index contributed by atoms with van der Waals surface area (Å²) < 4.78 is 55.8. The minimum atomic E-state index is -3.07. The predicted octanol–water partition coefficient (Wildman–Crippen LogP) is 5.84. The van der Waals surface area contributed by atoms with E-state index in [0.717, 1.165) is 21.1 Å². The lowest BCUT2D eigenvalue weighted by Crippen LogP contribution is -2.64. The fraction of sp³-hybridized carbons (Fsp3) is 0.280. The summed E-state index contributed by atoms with van der Waals surface area (Å²) in [5.41, 5.74) is 0. The van der Waals surface area contributed by atoms with Crippen LogP contribution in [0.15, 0.2) is 66.7 Å². The molecule has 182 valence electrons. The van der Waals surface area contributed by atoms with Gasteiger partial charge in [0.25, 0.3) is 0 Å². The maximum Gasteiger partial charge on any atom is 0.349 e. The molecule has 2 nitrogen and oxygen atoms in total. The van der Waals surface area contributed by atoms with Gasteiger partial charge in [-0.1, -0.05) is 30.3 Å². The molecule has 3 aromatic carbocycles. The van der Waals surface area contributed by atoms with Crippen molar-refractivity contribution in [3.63, 3.8) is 0 Å². The quantitative estimate of drug-likeness (QED) is 0.266. The molecule has 0 aliphatic rings. The van der Waals surface area contributed by atoms with Crippen LogP contribution in [0.25, 0.3) is 0 Å². The van der Waals surface area contributed by atoms with Crippen molar-refractivity contribution in [3.8, 4) is 0 Å². The fourth-order valence-electron chi connectivity index (χ4n) is 3.97. The Morgan fingerprint density at radius 1 is 0.559 bits per heavy atom. The first kappa shape index (κ1) is 27.0. The molecule has 34 heavy (non-hydrogen) atoms. The minimum absolute atomic E-state index is 0.333. The van der Waals surface area contributed by atoms with E-state index in [1.807, 2.05) is 6.55 Å². The van der Waals surface area contributed by atoms with Crippen LogP contribution in [0.2, 0.25) is 45.8 Å². The Kier molecular flexibility index (Phi) is 8.12. The lowest BCUT2D eigenvalue weighted by Gasteiger charge is -2.40. The highest BCUT2D eigenvalue weighted by Gasteiger charge is 2.44. The third-order valence-corrected chi connectivity index (χ3v) is 17.0. The SMILES string of the molecule is C[Si](C)(C)O[Si](C)(O[Si](C)(C)C)c1cc(F)ccc1P(c1ccc(F)cc1)c1ccc(F)cc1. The third kappa shape index (κ3) is 6.99. The summed E-state index contributed by atoms with van der Waals surface area (Å²) in [5.74, 6) is -1.02. The number of hydrogen-bond acceptors (Lipinski definition) is 2. The lowest BCUT2D eigenvalue weighted by atomic mass is 10.3.